The van der Waals surface area contributed by atoms with Crippen LogP contribution in [0, 0.1) is 0 Å². The zero-order valence-electron chi connectivity index (χ0n) is 24.3. The molecule has 0 radical (unpaired) electrons. The summed E-state index contributed by atoms with van der Waals surface area (Å²) >= 11 is 1.84. The van der Waals surface area contributed by atoms with Crippen molar-refractivity contribution in [1.29, 1.82) is 0 Å². The molecule has 0 aliphatic carbocycles. The summed E-state index contributed by atoms with van der Waals surface area (Å²) in [6, 6.07) is 38.6. The van der Waals surface area contributed by atoms with Gasteiger partial charge in [-0.2, -0.15) is 0 Å². The lowest BCUT2D eigenvalue weighted by Crippen LogP contribution is -2.43. The number of nitrogens with zero attached hydrogens (tertiary/aromatic N) is 1. The molecule has 7 nitrogen and oxygen atoms in total. The molecule has 5 rings (SSSR count). The topological polar surface area (TPSA) is 77.1 Å². The molecule has 1 aliphatic heterocycles. The minimum absolute atomic E-state index is 0.0404. The number of carbonyl (C=O) groups excluding carboxylic acids is 2. The number of carbonyl (C=O) groups is 2. The fourth-order valence-corrected chi connectivity index (χ4v) is 7.44. The highest BCUT2D eigenvalue weighted by molar-refractivity contribution is 8.01. The summed E-state index contributed by atoms with van der Waals surface area (Å²) in [4.78, 5) is 27.2. The van der Waals surface area contributed by atoms with Crippen LogP contribution in [0.4, 0.5) is 9.59 Å². The van der Waals surface area contributed by atoms with E-state index in [1.165, 1.54) is 7.11 Å². The molecule has 1 saturated heterocycles. The Kier molecular flexibility index (Phi) is 9.89. The Hall–Kier alpha value is -4.43. The van der Waals surface area contributed by atoms with Crippen LogP contribution in [0.5, 0.6) is 5.75 Å². The van der Waals surface area contributed by atoms with Gasteiger partial charge >= 0.3 is 12.2 Å². The molecular formula is C35H36N2O5S. The van der Waals surface area contributed by atoms with Crippen molar-refractivity contribution in [2.24, 2.45) is 0 Å². The summed E-state index contributed by atoms with van der Waals surface area (Å²) in [5.74, 6) is 0.738. The molecule has 43 heavy (non-hydrogen) atoms. The molecule has 1 N–H and O–H groups in total. The van der Waals surface area contributed by atoms with E-state index in [1.54, 1.807) is 12.0 Å². The average molecular weight is 597 g/mol. The third kappa shape index (κ3) is 6.97. The fraction of sp³-hybridized carbons (Fsp3) is 0.257. The molecule has 2 atom stereocenters. The van der Waals surface area contributed by atoms with Crippen molar-refractivity contribution in [2.45, 2.75) is 29.1 Å². The van der Waals surface area contributed by atoms with Gasteiger partial charge in [0, 0.05) is 18.3 Å². The highest BCUT2D eigenvalue weighted by atomic mass is 32.2. The van der Waals surface area contributed by atoms with E-state index in [9.17, 15) is 9.59 Å². The maximum atomic E-state index is 13.5. The zero-order valence-corrected chi connectivity index (χ0v) is 25.2. The van der Waals surface area contributed by atoms with E-state index in [-0.39, 0.29) is 24.4 Å². The van der Waals surface area contributed by atoms with Crippen molar-refractivity contribution in [3.05, 3.63) is 138 Å². The number of nitrogens with one attached hydrogen (secondary N) is 1. The summed E-state index contributed by atoms with van der Waals surface area (Å²) < 4.78 is 15.3. The van der Waals surface area contributed by atoms with Crippen LogP contribution in [-0.2, 0) is 20.8 Å². The van der Waals surface area contributed by atoms with Gasteiger partial charge in [0.15, 0.2) is 0 Å². The number of rotatable bonds is 10. The lowest BCUT2D eigenvalue weighted by Gasteiger charge is -2.37. The molecule has 1 fully saturated rings. The monoisotopic (exact) mass is 596 g/mol. The number of hydrogen-bond donors (Lipinski definition) is 1. The largest absolute Gasteiger partial charge is 0.497 e. The van der Waals surface area contributed by atoms with E-state index >= 15 is 0 Å². The van der Waals surface area contributed by atoms with Crippen molar-refractivity contribution in [2.75, 3.05) is 27.3 Å². The number of likely N-dealkylation sites (tertiary alicyclic amines) is 1. The first-order valence-electron chi connectivity index (χ1n) is 14.3. The number of hydrogen-bond acceptors (Lipinski definition) is 6. The fourth-order valence-electron chi connectivity index (χ4n) is 5.57. The Morgan fingerprint density at radius 1 is 0.814 bits per heavy atom. The second-order valence-electron chi connectivity index (χ2n) is 10.3. The lowest BCUT2D eigenvalue weighted by molar-refractivity contribution is 0.0912. The number of thioether (sulfide) groups is 1. The van der Waals surface area contributed by atoms with Crippen LogP contribution in [0.15, 0.2) is 115 Å². The summed E-state index contributed by atoms with van der Waals surface area (Å²) in [7, 11) is 2.94. The number of ether oxygens (including phenoxy) is 3. The number of alkyl carbamates (subject to hydrolysis) is 1. The maximum Gasteiger partial charge on any atom is 0.410 e. The van der Waals surface area contributed by atoms with Crippen LogP contribution in [0.1, 0.15) is 28.7 Å². The molecule has 0 spiro atoms. The van der Waals surface area contributed by atoms with Gasteiger partial charge in [0.2, 0.25) is 0 Å². The van der Waals surface area contributed by atoms with Gasteiger partial charge in [0.1, 0.15) is 12.4 Å². The van der Waals surface area contributed by atoms with Crippen LogP contribution < -0.4 is 10.1 Å². The Morgan fingerprint density at radius 2 is 1.35 bits per heavy atom. The van der Waals surface area contributed by atoms with Crippen LogP contribution in [0.3, 0.4) is 0 Å². The molecular weight excluding hydrogens is 560 g/mol. The first kappa shape index (κ1) is 30.0. The summed E-state index contributed by atoms with van der Waals surface area (Å²) in [5, 5.41) is 2.83. The third-order valence-corrected chi connectivity index (χ3v) is 9.42. The number of methoxy groups -OCH3 is 2. The minimum Gasteiger partial charge on any atom is -0.497 e. The van der Waals surface area contributed by atoms with Crippen LogP contribution in [0.2, 0.25) is 0 Å². The molecule has 8 heteroatoms. The molecule has 4 aromatic carbocycles. The first-order valence-corrected chi connectivity index (χ1v) is 15.1. The minimum atomic E-state index is -0.533. The van der Waals surface area contributed by atoms with Crippen molar-refractivity contribution in [3.63, 3.8) is 0 Å². The predicted octanol–water partition coefficient (Wildman–Crippen LogP) is 6.86. The highest BCUT2D eigenvalue weighted by Crippen LogP contribution is 2.52. The maximum absolute atomic E-state index is 13.5. The van der Waals surface area contributed by atoms with Gasteiger partial charge in [-0.25, -0.2) is 9.59 Å². The van der Waals surface area contributed by atoms with E-state index in [2.05, 4.69) is 78.1 Å². The molecule has 0 bridgehead atoms. The van der Waals surface area contributed by atoms with Crippen molar-refractivity contribution in [1.82, 2.24) is 10.2 Å². The predicted molar refractivity (Wildman–Crippen MR) is 169 cm³/mol. The third-order valence-electron chi connectivity index (χ3n) is 7.68. The quantitative estimate of drug-likeness (QED) is 0.202. The van der Waals surface area contributed by atoms with E-state index in [1.807, 2.05) is 54.2 Å². The Bertz CT molecular complexity index is 1370. The Labute approximate surface area is 257 Å². The molecule has 0 saturated carbocycles. The number of amides is 2. The van der Waals surface area contributed by atoms with Gasteiger partial charge in [0.05, 0.1) is 25.0 Å². The van der Waals surface area contributed by atoms with Gasteiger partial charge in [0.25, 0.3) is 0 Å². The van der Waals surface area contributed by atoms with Crippen molar-refractivity contribution >= 4 is 23.9 Å². The van der Waals surface area contributed by atoms with E-state index in [0.717, 1.165) is 28.0 Å². The summed E-state index contributed by atoms with van der Waals surface area (Å²) in [6.45, 7) is 0.862. The van der Waals surface area contributed by atoms with E-state index < -0.39 is 16.9 Å². The lowest BCUT2D eigenvalue weighted by atomic mass is 9.84. The molecule has 0 aromatic heterocycles. The summed E-state index contributed by atoms with van der Waals surface area (Å²) in [5.41, 5.74) is 4.33. The van der Waals surface area contributed by atoms with Gasteiger partial charge < -0.3 is 24.4 Å². The Balaban J connectivity index is 1.45. The molecule has 4 aromatic rings. The van der Waals surface area contributed by atoms with Crippen LogP contribution in [0.25, 0.3) is 0 Å². The Morgan fingerprint density at radius 3 is 1.84 bits per heavy atom. The molecule has 0 unspecified atom stereocenters. The summed E-state index contributed by atoms with van der Waals surface area (Å²) in [6.07, 6.45) is -0.282. The van der Waals surface area contributed by atoms with E-state index in [4.69, 9.17) is 14.2 Å². The second kappa shape index (κ2) is 14.2. The molecule has 2 amide bonds. The van der Waals surface area contributed by atoms with Crippen LogP contribution in [-0.4, -0.2) is 55.7 Å². The van der Waals surface area contributed by atoms with Gasteiger partial charge in [-0.15, -0.1) is 11.8 Å². The zero-order chi connectivity index (χ0) is 30.1. The number of benzene rings is 4. The standard InChI is InChI=1S/C35H36N2O5S/c1-40-31-20-18-26(19-21-31)25-42-34(39)37-24-32(22-30(37)23-36-33(38)41-2)43-35(27-12-6-3-7-13-27,28-14-8-4-9-15-28)29-16-10-5-11-17-29/h3-21,30,32H,22-25H2,1-2H3,(H,36,38)/t30-,32-/m0/s1. The smallest absolute Gasteiger partial charge is 0.410 e. The van der Waals surface area contributed by atoms with Crippen molar-refractivity contribution in [3.8, 4) is 5.75 Å². The average Bonchev–Trinajstić information content (AvgIpc) is 3.49. The molecule has 222 valence electrons. The first-order chi connectivity index (χ1) is 21.0. The van der Waals surface area contributed by atoms with E-state index in [0.29, 0.717) is 13.0 Å². The SMILES string of the molecule is COC(=O)NC[C@@H]1C[C@H](SC(c2ccccc2)(c2ccccc2)c2ccccc2)CN1C(=O)OCc1ccc(OC)cc1. The highest BCUT2D eigenvalue weighted by Gasteiger charge is 2.44. The van der Waals surface area contributed by atoms with Gasteiger partial charge in [-0.1, -0.05) is 103 Å². The van der Waals surface area contributed by atoms with Crippen LogP contribution >= 0.6 is 11.8 Å². The molecule has 1 heterocycles. The molecule has 1 aliphatic rings. The van der Waals surface area contributed by atoms with Crippen molar-refractivity contribution < 1.29 is 23.8 Å². The van der Waals surface area contributed by atoms with Gasteiger partial charge in [-0.05, 0) is 40.8 Å². The second-order valence-corrected chi connectivity index (χ2v) is 11.9. The van der Waals surface area contributed by atoms with Gasteiger partial charge in [-0.3, -0.25) is 0 Å². The normalized spacial score (nSPS) is 16.4.